The highest BCUT2D eigenvalue weighted by Gasteiger charge is 2.16. The van der Waals surface area contributed by atoms with Gasteiger partial charge in [-0.3, -0.25) is 4.79 Å². The summed E-state index contributed by atoms with van der Waals surface area (Å²) < 4.78 is 5.59. The van der Waals surface area contributed by atoms with Crippen LogP contribution in [-0.4, -0.2) is 28.9 Å². The number of amides is 1. The molecule has 0 fully saturated rings. The lowest BCUT2D eigenvalue weighted by atomic mass is 10.1. The third-order valence-corrected chi connectivity index (χ3v) is 4.60. The van der Waals surface area contributed by atoms with Crippen LogP contribution in [0, 0.1) is 6.92 Å². The van der Waals surface area contributed by atoms with Crippen molar-refractivity contribution in [1.29, 1.82) is 0 Å². The summed E-state index contributed by atoms with van der Waals surface area (Å²) in [5.41, 5.74) is 2.85. The topological polar surface area (TPSA) is 46.3 Å². The van der Waals surface area contributed by atoms with Gasteiger partial charge in [0.1, 0.15) is 6.26 Å². The normalized spacial score (nSPS) is 10.9. The van der Waals surface area contributed by atoms with Gasteiger partial charge in [-0.1, -0.05) is 57.2 Å². The zero-order chi connectivity index (χ0) is 18.8. The second kappa shape index (κ2) is 10.8. The molecule has 0 atom stereocenters. The van der Waals surface area contributed by atoms with Gasteiger partial charge in [0.05, 0.1) is 12.1 Å². The lowest BCUT2D eigenvalue weighted by Gasteiger charge is -2.22. The Morgan fingerprint density at radius 2 is 1.62 bits per heavy atom. The summed E-state index contributed by atoms with van der Waals surface area (Å²) in [4.78, 5) is 19.3. The fourth-order valence-corrected chi connectivity index (χ4v) is 2.95. The maximum absolute atomic E-state index is 12.7. The number of rotatable bonds is 11. The first-order valence-corrected chi connectivity index (χ1v) is 9.93. The molecule has 0 aliphatic carbocycles. The van der Waals surface area contributed by atoms with Gasteiger partial charge in [-0.15, -0.1) is 0 Å². The average Bonchev–Trinajstić information content (AvgIpc) is 3.09. The van der Waals surface area contributed by atoms with Crippen molar-refractivity contribution in [3.05, 3.63) is 41.8 Å². The minimum absolute atomic E-state index is 0.154. The van der Waals surface area contributed by atoms with Crippen LogP contribution in [0.3, 0.4) is 0 Å². The van der Waals surface area contributed by atoms with Crippen LogP contribution in [-0.2, 0) is 11.2 Å². The van der Waals surface area contributed by atoms with Gasteiger partial charge in [-0.25, -0.2) is 4.98 Å². The Labute approximate surface area is 157 Å². The number of unbranched alkanes of at least 4 members (excludes halogenated alkanes) is 4. The van der Waals surface area contributed by atoms with Gasteiger partial charge in [0, 0.05) is 18.7 Å². The number of benzene rings is 1. The maximum Gasteiger partial charge on any atom is 0.228 e. The lowest BCUT2D eigenvalue weighted by Crippen LogP contribution is -2.34. The summed E-state index contributed by atoms with van der Waals surface area (Å²) in [7, 11) is 0. The highest BCUT2D eigenvalue weighted by atomic mass is 16.3. The predicted octanol–water partition coefficient (Wildman–Crippen LogP) is 5.40. The van der Waals surface area contributed by atoms with Gasteiger partial charge in [-0.2, -0.15) is 0 Å². The molecule has 1 aromatic heterocycles. The van der Waals surface area contributed by atoms with Gasteiger partial charge in [0.25, 0.3) is 0 Å². The molecule has 0 radical (unpaired) electrons. The van der Waals surface area contributed by atoms with Crippen molar-refractivity contribution in [2.24, 2.45) is 0 Å². The van der Waals surface area contributed by atoms with Crippen molar-refractivity contribution >= 4 is 5.91 Å². The van der Waals surface area contributed by atoms with Crippen molar-refractivity contribution in [1.82, 2.24) is 9.88 Å². The largest absolute Gasteiger partial charge is 0.444 e. The first kappa shape index (κ1) is 20.2. The molecule has 1 amide bonds. The highest BCUT2D eigenvalue weighted by Crippen LogP contribution is 2.19. The van der Waals surface area contributed by atoms with Crippen molar-refractivity contribution in [2.45, 2.75) is 65.7 Å². The van der Waals surface area contributed by atoms with Crippen LogP contribution in [0.4, 0.5) is 0 Å². The van der Waals surface area contributed by atoms with Crippen LogP contribution in [0.2, 0.25) is 0 Å². The number of aryl methyl sites for hydroxylation is 1. The molecule has 0 aliphatic heterocycles. The van der Waals surface area contributed by atoms with E-state index in [-0.39, 0.29) is 5.91 Å². The van der Waals surface area contributed by atoms with E-state index >= 15 is 0 Å². The fraction of sp³-hybridized carbons (Fsp3) is 0.545. The Morgan fingerprint density at radius 3 is 2.19 bits per heavy atom. The minimum atomic E-state index is 0.154. The molecule has 4 heteroatoms. The molecule has 1 aromatic carbocycles. The molecule has 0 bridgehead atoms. The van der Waals surface area contributed by atoms with Crippen molar-refractivity contribution in [3.63, 3.8) is 0 Å². The molecule has 26 heavy (non-hydrogen) atoms. The number of nitrogens with zero attached hydrogens (tertiary/aromatic N) is 2. The minimum Gasteiger partial charge on any atom is -0.444 e. The number of oxazole rings is 1. The molecule has 2 aromatic rings. The van der Waals surface area contributed by atoms with E-state index in [0.29, 0.717) is 18.0 Å². The van der Waals surface area contributed by atoms with Crippen LogP contribution in [0.1, 0.15) is 63.6 Å². The molecule has 0 unspecified atom stereocenters. The number of hydrogen-bond donors (Lipinski definition) is 0. The van der Waals surface area contributed by atoms with Crippen LogP contribution in [0.15, 0.2) is 34.9 Å². The summed E-state index contributed by atoms with van der Waals surface area (Å²) in [5, 5.41) is 0. The number of aromatic nitrogens is 1. The first-order valence-electron chi connectivity index (χ1n) is 9.93. The number of carbonyl (C=O) groups excluding carboxylic acids is 1. The molecule has 2 rings (SSSR count). The Bertz CT molecular complexity index is 651. The Hall–Kier alpha value is -2.10. The third kappa shape index (κ3) is 6.32. The summed E-state index contributed by atoms with van der Waals surface area (Å²) >= 11 is 0. The van der Waals surface area contributed by atoms with E-state index in [1.807, 2.05) is 29.2 Å². The predicted molar refractivity (Wildman–Crippen MR) is 106 cm³/mol. The lowest BCUT2D eigenvalue weighted by molar-refractivity contribution is -0.130. The second-order valence-electron chi connectivity index (χ2n) is 6.98. The van der Waals surface area contributed by atoms with Gasteiger partial charge >= 0.3 is 0 Å². The maximum atomic E-state index is 12.7. The zero-order valence-electron chi connectivity index (χ0n) is 16.5. The summed E-state index contributed by atoms with van der Waals surface area (Å²) in [6, 6.07) is 8.06. The van der Waals surface area contributed by atoms with Crippen molar-refractivity contribution < 1.29 is 9.21 Å². The molecule has 0 saturated heterocycles. The molecular weight excluding hydrogens is 324 g/mol. The number of carbonyl (C=O) groups is 1. The SMILES string of the molecule is CCCCCN(CCCCC)C(=O)Cc1coc(-c2ccc(C)cc2)n1. The molecular formula is C22H32N2O2. The highest BCUT2D eigenvalue weighted by molar-refractivity contribution is 5.78. The van der Waals surface area contributed by atoms with Gasteiger partial charge in [0.2, 0.25) is 11.8 Å². The molecule has 0 saturated carbocycles. The first-order chi connectivity index (χ1) is 12.6. The Kier molecular flexibility index (Phi) is 8.39. The summed E-state index contributed by atoms with van der Waals surface area (Å²) in [5.74, 6) is 0.734. The van der Waals surface area contributed by atoms with E-state index in [9.17, 15) is 4.79 Å². The molecule has 0 spiro atoms. The summed E-state index contributed by atoms with van der Waals surface area (Å²) in [6.07, 6.45) is 8.74. The van der Waals surface area contributed by atoms with Crippen molar-refractivity contribution in [3.8, 4) is 11.5 Å². The van der Waals surface area contributed by atoms with E-state index in [1.54, 1.807) is 6.26 Å². The summed E-state index contributed by atoms with van der Waals surface area (Å²) in [6.45, 7) is 8.11. The quantitative estimate of drug-likeness (QED) is 0.506. The van der Waals surface area contributed by atoms with Gasteiger partial charge < -0.3 is 9.32 Å². The van der Waals surface area contributed by atoms with E-state index in [0.717, 1.165) is 31.5 Å². The zero-order valence-corrected chi connectivity index (χ0v) is 16.5. The van der Waals surface area contributed by atoms with E-state index in [2.05, 4.69) is 25.8 Å². The molecule has 1 heterocycles. The molecule has 0 N–H and O–H groups in total. The van der Waals surface area contributed by atoms with Crippen LogP contribution in [0.5, 0.6) is 0 Å². The van der Waals surface area contributed by atoms with Crippen molar-refractivity contribution in [2.75, 3.05) is 13.1 Å². The second-order valence-corrected chi connectivity index (χ2v) is 6.98. The smallest absolute Gasteiger partial charge is 0.228 e. The standard InChI is InChI=1S/C22H32N2O2/c1-4-6-8-14-24(15-9-7-5-2)21(25)16-20-17-26-22(23-20)19-12-10-18(3)11-13-19/h10-13,17H,4-9,14-16H2,1-3H3. The van der Waals surface area contributed by atoms with Gasteiger partial charge in [-0.05, 0) is 31.9 Å². The van der Waals surface area contributed by atoms with Crippen LogP contribution in [0.25, 0.3) is 11.5 Å². The van der Waals surface area contributed by atoms with E-state index < -0.39 is 0 Å². The van der Waals surface area contributed by atoms with Crippen LogP contribution < -0.4 is 0 Å². The Balaban J connectivity index is 1.97. The molecule has 4 nitrogen and oxygen atoms in total. The average molecular weight is 357 g/mol. The molecule has 142 valence electrons. The molecule has 0 aliphatic rings. The Morgan fingerprint density at radius 1 is 1.00 bits per heavy atom. The number of hydrogen-bond acceptors (Lipinski definition) is 3. The van der Waals surface area contributed by atoms with E-state index in [1.165, 1.54) is 31.2 Å². The monoisotopic (exact) mass is 356 g/mol. The fourth-order valence-electron chi connectivity index (χ4n) is 2.95. The van der Waals surface area contributed by atoms with E-state index in [4.69, 9.17) is 4.42 Å². The van der Waals surface area contributed by atoms with Gasteiger partial charge in [0.15, 0.2) is 0 Å². The van der Waals surface area contributed by atoms with Crippen LogP contribution >= 0.6 is 0 Å². The third-order valence-electron chi connectivity index (χ3n) is 4.60.